The minimum absolute atomic E-state index is 0.232. The van der Waals surface area contributed by atoms with Gasteiger partial charge in [-0.25, -0.2) is 4.39 Å². The van der Waals surface area contributed by atoms with E-state index in [1.54, 1.807) is 0 Å². The predicted octanol–water partition coefficient (Wildman–Crippen LogP) is 3.11. The summed E-state index contributed by atoms with van der Waals surface area (Å²) in [6, 6.07) is 8.33. The van der Waals surface area contributed by atoms with Crippen LogP contribution in [-0.4, -0.2) is 16.8 Å². The van der Waals surface area contributed by atoms with Crippen LogP contribution in [0.3, 0.4) is 0 Å². The van der Waals surface area contributed by atoms with Gasteiger partial charge >= 0.3 is 0 Å². The third kappa shape index (κ3) is 2.52. The molecule has 1 atom stereocenters. The molecule has 4 heteroatoms. The molecule has 0 fully saturated rings. The molecular formula is C17H17FO3. The van der Waals surface area contributed by atoms with Crippen LogP contribution in [0.15, 0.2) is 30.3 Å². The molecule has 0 saturated heterocycles. The van der Waals surface area contributed by atoms with Crippen LogP contribution in [0.4, 0.5) is 4.39 Å². The van der Waals surface area contributed by atoms with Crippen molar-refractivity contribution in [2.45, 2.75) is 26.1 Å². The van der Waals surface area contributed by atoms with Crippen molar-refractivity contribution < 1.29 is 19.3 Å². The molecule has 0 saturated carbocycles. The second kappa shape index (κ2) is 5.47. The Morgan fingerprint density at radius 1 is 1.29 bits per heavy atom. The summed E-state index contributed by atoms with van der Waals surface area (Å²) in [6.45, 7) is 2.08. The SMILES string of the molecule is Cc1cc(F)cc(CO)c1-c1ccc2c(c1)[C@@H](O)CCO2. The van der Waals surface area contributed by atoms with E-state index in [0.717, 1.165) is 22.3 Å². The van der Waals surface area contributed by atoms with Crippen molar-refractivity contribution in [2.24, 2.45) is 0 Å². The monoisotopic (exact) mass is 288 g/mol. The van der Waals surface area contributed by atoms with Crippen molar-refractivity contribution in [2.75, 3.05) is 6.61 Å². The molecule has 0 spiro atoms. The molecule has 21 heavy (non-hydrogen) atoms. The van der Waals surface area contributed by atoms with Crippen molar-refractivity contribution in [3.05, 3.63) is 52.8 Å². The van der Waals surface area contributed by atoms with Gasteiger partial charge in [-0.3, -0.25) is 0 Å². The molecule has 0 aromatic heterocycles. The van der Waals surface area contributed by atoms with Crippen molar-refractivity contribution >= 4 is 0 Å². The molecule has 1 aliphatic rings. The second-order valence-electron chi connectivity index (χ2n) is 5.32. The van der Waals surface area contributed by atoms with Crippen LogP contribution in [0, 0.1) is 12.7 Å². The van der Waals surface area contributed by atoms with Crippen molar-refractivity contribution in [3.8, 4) is 16.9 Å². The van der Waals surface area contributed by atoms with Crippen LogP contribution < -0.4 is 4.74 Å². The summed E-state index contributed by atoms with van der Waals surface area (Å²) >= 11 is 0. The molecule has 2 N–H and O–H groups in total. The van der Waals surface area contributed by atoms with Gasteiger partial charge in [0.25, 0.3) is 0 Å². The fraction of sp³-hybridized carbons (Fsp3) is 0.294. The summed E-state index contributed by atoms with van der Waals surface area (Å²) < 4.78 is 19.0. The maximum absolute atomic E-state index is 13.5. The van der Waals surface area contributed by atoms with Crippen molar-refractivity contribution in [1.29, 1.82) is 0 Å². The lowest BCUT2D eigenvalue weighted by Gasteiger charge is -2.23. The highest BCUT2D eigenvalue weighted by molar-refractivity contribution is 5.72. The minimum Gasteiger partial charge on any atom is -0.493 e. The van der Waals surface area contributed by atoms with Gasteiger partial charge in [-0.15, -0.1) is 0 Å². The molecule has 1 heterocycles. The van der Waals surface area contributed by atoms with E-state index in [2.05, 4.69) is 0 Å². The molecule has 0 amide bonds. The van der Waals surface area contributed by atoms with Gasteiger partial charge in [0.15, 0.2) is 0 Å². The maximum Gasteiger partial charge on any atom is 0.125 e. The number of rotatable bonds is 2. The van der Waals surface area contributed by atoms with Crippen LogP contribution in [0.5, 0.6) is 5.75 Å². The topological polar surface area (TPSA) is 49.7 Å². The normalized spacial score (nSPS) is 17.2. The fourth-order valence-electron chi connectivity index (χ4n) is 2.88. The summed E-state index contributed by atoms with van der Waals surface area (Å²) in [7, 11) is 0. The maximum atomic E-state index is 13.5. The Kier molecular flexibility index (Phi) is 3.66. The third-order valence-corrected chi connectivity index (χ3v) is 3.86. The smallest absolute Gasteiger partial charge is 0.125 e. The number of ether oxygens (including phenoxy) is 1. The van der Waals surface area contributed by atoms with Crippen LogP contribution >= 0.6 is 0 Å². The van der Waals surface area contributed by atoms with Gasteiger partial charge in [-0.05, 0) is 53.4 Å². The number of aryl methyl sites for hydroxylation is 1. The number of halogens is 1. The Labute approximate surface area is 122 Å². The number of fused-ring (bicyclic) bond motifs is 1. The highest BCUT2D eigenvalue weighted by atomic mass is 19.1. The molecule has 3 rings (SSSR count). The summed E-state index contributed by atoms with van der Waals surface area (Å²) in [4.78, 5) is 0. The van der Waals surface area contributed by atoms with E-state index < -0.39 is 6.10 Å². The minimum atomic E-state index is -0.549. The van der Waals surface area contributed by atoms with Crippen LogP contribution in [0.2, 0.25) is 0 Å². The Balaban J connectivity index is 2.15. The molecule has 0 bridgehead atoms. The summed E-state index contributed by atoms with van der Waals surface area (Å²) in [5.41, 5.74) is 3.69. The first-order valence-corrected chi connectivity index (χ1v) is 6.95. The largest absolute Gasteiger partial charge is 0.493 e. The highest BCUT2D eigenvalue weighted by Gasteiger charge is 2.21. The van der Waals surface area contributed by atoms with E-state index in [1.807, 2.05) is 25.1 Å². The predicted molar refractivity (Wildman–Crippen MR) is 77.6 cm³/mol. The first kappa shape index (κ1) is 14.0. The Hall–Kier alpha value is -1.91. The zero-order valence-electron chi connectivity index (χ0n) is 11.8. The quantitative estimate of drug-likeness (QED) is 0.892. The van der Waals surface area contributed by atoms with Gasteiger partial charge in [0, 0.05) is 12.0 Å². The first-order chi connectivity index (χ1) is 10.1. The second-order valence-corrected chi connectivity index (χ2v) is 5.32. The standard InChI is InChI=1S/C17H17FO3/c1-10-6-13(18)7-12(9-19)17(10)11-2-3-16-14(8-11)15(20)4-5-21-16/h2-3,6-8,15,19-20H,4-5,9H2,1H3/t15-/m0/s1. The summed E-state index contributed by atoms with van der Waals surface area (Å²) in [5.74, 6) is 0.324. The summed E-state index contributed by atoms with van der Waals surface area (Å²) in [6.07, 6.45) is 0.0122. The molecule has 2 aromatic rings. The molecule has 0 unspecified atom stereocenters. The fourth-order valence-corrected chi connectivity index (χ4v) is 2.88. The van der Waals surface area contributed by atoms with Crippen molar-refractivity contribution in [3.63, 3.8) is 0 Å². The zero-order chi connectivity index (χ0) is 15.0. The van der Waals surface area contributed by atoms with E-state index >= 15 is 0 Å². The number of hydrogen-bond donors (Lipinski definition) is 2. The number of hydrogen-bond acceptors (Lipinski definition) is 3. The molecule has 0 radical (unpaired) electrons. The van der Waals surface area contributed by atoms with Crippen LogP contribution in [0.1, 0.15) is 29.2 Å². The third-order valence-electron chi connectivity index (χ3n) is 3.86. The molecule has 1 aliphatic heterocycles. The Bertz CT molecular complexity index is 682. The van der Waals surface area contributed by atoms with Gasteiger partial charge < -0.3 is 14.9 Å². The van der Waals surface area contributed by atoms with Crippen LogP contribution in [0.25, 0.3) is 11.1 Å². The number of aliphatic hydroxyl groups excluding tert-OH is 2. The van der Waals surface area contributed by atoms with Gasteiger partial charge in [0.05, 0.1) is 19.3 Å². The lowest BCUT2D eigenvalue weighted by Crippen LogP contribution is -2.13. The van der Waals surface area contributed by atoms with Crippen molar-refractivity contribution in [1.82, 2.24) is 0 Å². The summed E-state index contributed by atoms with van der Waals surface area (Å²) in [5, 5.41) is 19.6. The van der Waals surface area contributed by atoms with Gasteiger partial charge in [-0.1, -0.05) is 6.07 Å². The average Bonchev–Trinajstić information content (AvgIpc) is 2.46. The van der Waals surface area contributed by atoms with Gasteiger partial charge in [0.1, 0.15) is 11.6 Å². The lowest BCUT2D eigenvalue weighted by molar-refractivity contribution is 0.115. The zero-order valence-corrected chi connectivity index (χ0v) is 11.8. The highest BCUT2D eigenvalue weighted by Crippen LogP contribution is 2.37. The van der Waals surface area contributed by atoms with E-state index in [4.69, 9.17) is 4.74 Å². The molecule has 2 aromatic carbocycles. The lowest BCUT2D eigenvalue weighted by atomic mass is 9.92. The Morgan fingerprint density at radius 3 is 2.86 bits per heavy atom. The number of benzene rings is 2. The molecular weight excluding hydrogens is 271 g/mol. The Morgan fingerprint density at radius 2 is 2.10 bits per heavy atom. The molecule has 110 valence electrons. The van der Waals surface area contributed by atoms with E-state index in [-0.39, 0.29) is 12.4 Å². The van der Waals surface area contributed by atoms with Crippen LogP contribution in [-0.2, 0) is 6.61 Å². The molecule has 3 nitrogen and oxygen atoms in total. The average molecular weight is 288 g/mol. The van der Waals surface area contributed by atoms with Gasteiger partial charge in [-0.2, -0.15) is 0 Å². The van der Waals surface area contributed by atoms with E-state index in [0.29, 0.717) is 24.3 Å². The first-order valence-electron chi connectivity index (χ1n) is 6.95. The molecule has 0 aliphatic carbocycles. The van der Waals surface area contributed by atoms with E-state index in [1.165, 1.54) is 12.1 Å². The van der Waals surface area contributed by atoms with E-state index in [9.17, 15) is 14.6 Å². The number of aliphatic hydroxyl groups is 2. The van der Waals surface area contributed by atoms with Gasteiger partial charge in [0.2, 0.25) is 0 Å².